The lowest BCUT2D eigenvalue weighted by Crippen LogP contribution is -2.26. The highest BCUT2D eigenvalue weighted by molar-refractivity contribution is 8.14. The molecule has 1 aromatic carbocycles. The van der Waals surface area contributed by atoms with Crippen LogP contribution >= 0.6 is 11.8 Å². The van der Waals surface area contributed by atoms with E-state index in [9.17, 15) is 14.4 Å². The van der Waals surface area contributed by atoms with Crippen molar-refractivity contribution in [2.75, 3.05) is 23.9 Å². The Morgan fingerprint density at radius 2 is 2.17 bits per heavy atom. The first-order valence-corrected chi connectivity index (χ1v) is 8.28. The summed E-state index contributed by atoms with van der Waals surface area (Å²) < 4.78 is 5.22. The molecule has 0 bridgehead atoms. The van der Waals surface area contributed by atoms with Crippen LogP contribution in [0.1, 0.15) is 26.7 Å². The average molecular weight is 336 g/mol. The number of carbonyl (C=O) groups is 3. The molecule has 1 aliphatic rings. The lowest BCUT2D eigenvalue weighted by Gasteiger charge is -2.21. The molecule has 1 heterocycles. The summed E-state index contributed by atoms with van der Waals surface area (Å²) in [5, 5.41) is 2.73. The molecule has 0 spiro atoms. The number of anilines is 2. The molecule has 1 fully saturated rings. The van der Waals surface area contributed by atoms with E-state index in [1.54, 1.807) is 37.1 Å². The van der Waals surface area contributed by atoms with Gasteiger partial charge in [0.25, 0.3) is 0 Å². The molecule has 0 radical (unpaired) electrons. The van der Waals surface area contributed by atoms with E-state index >= 15 is 0 Å². The third-order valence-electron chi connectivity index (χ3n) is 3.51. The molecule has 0 aromatic heterocycles. The van der Waals surface area contributed by atoms with Crippen molar-refractivity contribution < 1.29 is 19.1 Å². The van der Waals surface area contributed by atoms with E-state index in [1.165, 1.54) is 18.7 Å². The average Bonchev–Trinajstić information content (AvgIpc) is 2.87. The first-order valence-electron chi connectivity index (χ1n) is 7.40. The third-order valence-corrected chi connectivity index (χ3v) is 4.49. The Balaban J connectivity index is 2.30. The predicted molar refractivity (Wildman–Crippen MR) is 90.9 cm³/mol. The molecule has 1 unspecified atom stereocenters. The predicted octanol–water partition coefficient (Wildman–Crippen LogP) is 2.43. The highest BCUT2D eigenvalue weighted by Crippen LogP contribution is 2.35. The van der Waals surface area contributed by atoms with E-state index in [1.807, 2.05) is 0 Å². The molecule has 7 heteroatoms. The van der Waals surface area contributed by atoms with Crippen LogP contribution in [0.4, 0.5) is 11.4 Å². The van der Waals surface area contributed by atoms with E-state index in [2.05, 4.69) is 5.32 Å². The molecule has 0 saturated carbocycles. The number of hydrogen-bond donors (Lipinski definition) is 1. The molecule has 124 valence electrons. The molecule has 1 saturated heterocycles. The van der Waals surface area contributed by atoms with Gasteiger partial charge >= 0.3 is 0 Å². The van der Waals surface area contributed by atoms with Crippen LogP contribution < -0.4 is 15.0 Å². The molecule has 2 amide bonds. The molecule has 6 nitrogen and oxygen atoms in total. The number of hydrogen-bond acceptors (Lipinski definition) is 5. The van der Waals surface area contributed by atoms with Gasteiger partial charge in [-0.05, 0) is 12.1 Å². The maximum atomic E-state index is 12.3. The van der Waals surface area contributed by atoms with Crippen LogP contribution in [0.25, 0.3) is 0 Å². The summed E-state index contributed by atoms with van der Waals surface area (Å²) >= 11 is 1.18. The Kier molecular flexibility index (Phi) is 5.65. The van der Waals surface area contributed by atoms with Crippen LogP contribution in [0.3, 0.4) is 0 Å². The van der Waals surface area contributed by atoms with Crippen molar-refractivity contribution in [3.63, 3.8) is 0 Å². The van der Waals surface area contributed by atoms with Gasteiger partial charge in [-0.2, -0.15) is 0 Å². The maximum Gasteiger partial charge on any atom is 0.228 e. The third kappa shape index (κ3) is 4.25. The van der Waals surface area contributed by atoms with E-state index < -0.39 is 0 Å². The second-order valence-corrected chi connectivity index (χ2v) is 6.70. The van der Waals surface area contributed by atoms with Crippen molar-refractivity contribution in [3.8, 4) is 5.75 Å². The van der Waals surface area contributed by atoms with Crippen LogP contribution in [0.15, 0.2) is 18.2 Å². The molecule has 2 rings (SSSR count). The molecule has 1 aromatic rings. The van der Waals surface area contributed by atoms with E-state index in [0.29, 0.717) is 36.5 Å². The van der Waals surface area contributed by atoms with Gasteiger partial charge in [0, 0.05) is 37.6 Å². The number of thioether (sulfide) groups is 1. The highest BCUT2D eigenvalue weighted by atomic mass is 32.2. The Labute approximate surface area is 139 Å². The maximum absolute atomic E-state index is 12.3. The normalized spacial score (nSPS) is 17.3. The van der Waals surface area contributed by atoms with Gasteiger partial charge in [-0.1, -0.05) is 18.7 Å². The fraction of sp³-hybridized carbons (Fsp3) is 0.438. The van der Waals surface area contributed by atoms with Gasteiger partial charge in [0.2, 0.25) is 11.8 Å². The monoisotopic (exact) mass is 336 g/mol. The minimum atomic E-state index is -0.127. The second kappa shape index (κ2) is 7.50. The molecule has 1 aliphatic heterocycles. The topological polar surface area (TPSA) is 75.7 Å². The molecule has 1 atom stereocenters. The van der Waals surface area contributed by atoms with Gasteiger partial charge in [0.05, 0.1) is 18.5 Å². The minimum Gasteiger partial charge on any atom is -0.497 e. The van der Waals surface area contributed by atoms with Gasteiger partial charge < -0.3 is 15.0 Å². The standard InChI is InChI=1S/C16H20N2O4S/c1-4-15(20)17-13-6-5-11(22-3)7-14(13)18-9-12(8-16(18)21)23-10(2)19/h5-7,12H,4,8-9H2,1-3H3,(H,17,20). The summed E-state index contributed by atoms with van der Waals surface area (Å²) in [6.07, 6.45) is 0.658. The summed E-state index contributed by atoms with van der Waals surface area (Å²) in [5.74, 6) is 0.409. The number of amides is 2. The van der Waals surface area contributed by atoms with E-state index in [4.69, 9.17) is 4.74 Å². The van der Waals surface area contributed by atoms with Gasteiger partial charge in [0.1, 0.15) is 5.75 Å². The van der Waals surface area contributed by atoms with Crippen molar-refractivity contribution in [1.82, 2.24) is 0 Å². The van der Waals surface area contributed by atoms with Gasteiger partial charge in [0.15, 0.2) is 5.12 Å². The van der Waals surface area contributed by atoms with E-state index in [0.717, 1.165) is 0 Å². The van der Waals surface area contributed by atoms with Gasteiger partial charge in [-0.3, -0.25) is 14.4 Å². The van der Waals surface area contributed by atoms with Crippen molar-refractivity contribution in [2.24, 2.45) is 0 Å². The van der Waals surface area contributed by atoms with Crippen molar-refractivity contribution in [2.45, 2.75) is 31.9 Å². The lowest BCUT2D eigenvalue weighted by atomic mass is 10.2. The van der Waals surface area contributed by atoms with E-state index in [-0.39, 0.29) is 22.2 Å². The van der Waals surface area contributed by atoms with Crippen molar-refractivity contribution >= 4 is 40.1 Å². The zero-order chi connectivity index (χ0) is 17.0. The van der Waals surface area contributed by atoms with Gasteiger partial charge in [-0.25, -0.2) is 0 Å². The summed E-state index contributed by atoms with van der Waals surface area (Å²) in [5.41, 5.74) is 1.17. The number of nitrogens with one attached hydrogen (secondary N) is 1. The largest absolute Gasteiger partial charge is 0.497 e. The fourth-order valence-corrected chi connectivity index (χ4v) is 3.35. The minimum absolute atomic E-state index is 0.00481. The van der Waals surface area contributed by atoms with Crippen LogP contribution in [0, 0.1) is 0 Å². The highest BCUT2D eigenvalue weighted by Gasteiger charge is 2.33. The fourth-order valence-electron chi connectivity index (χ4n) is 2.43. The molecular formula is C16H20N2O4S. The second-order valence-electron chi connectivity index (χ2n) is 5.22. The summed E-state index contributed by atoms with van der Waals surface area (Å²) in [6.45, 7) is 3.69. The Bertz CT molecular complexity index is 633. The lowest BCUT2D eigenvalue weighted by molar-refractivity contribution is -0.117. The van der Waals surface area contributed by atoms with Crippen molar-refractivity contribution in [1.29, 1.82) is 0 Å². The van der Waals surface area contributed by atoms with Crippen LogP contribution in [-0.2, 0) is 14.4 Å². The van der Waals surface area contributed by atoms with Crippen LogP contribution in [-0.4, -0.2) is 35.8 Å². The number of carbonyl (C=O) groups excluding carboxylic acids is 3. The summed E-state index contributed by atoms with van der Waals surface area (Å²) in [7, 11) is 1.55. The molecule has 1 N–H and O–H groups in total. The number of nitrogens with zero attached hydrogens (tertiary/aromatic N) is 1. The van der Waals surface area contributed by atoms with Crippen molar-refractivity contribution in [3.05, 3.63) is 18.2 Å². The van der Waals surface area contributed by atoms with Crippen LogP contribution in [0.5, 0.6) is 5.75 Å². The first kappa shape index (κ1) is 17.3. The summed E-state index contributed by atoms with van der Waals surface area (Å²) in [4.78, 5) is 36.9. The Morgan fingerprint density at radius 3 is 2.78 bits per heavy atom. The number of ether oxygens (including phenoxy) is 1. The van der Waals surface area contributed by atoms with Gasteiger partial charge in [-0.15, -0.1) is 0 Å². The number of methoxy groups -OCH3 is 1. The smallest absolute Gasteiger partial charge is 0.228 e. The SMILES string of the molecule is CCC(=O)Nc1ccc(OC)cc1N1CC(SC(C)=O)CC1=O. The molecule has 23 heavy (non-hydrogen) atoms. The Morgan fingerprint density at radius 1 is 1.43 bits per heavy atom. The first-order chi connectivity index (χ1) is 10.9. The summed E-state index contributed by atoms with van der Waals surface area (Å²) in [6, 6.07) is 5.18. The molecular weight excluding hydrogens is 316 g/mol. The number of benzene rings is 1. The quantitative estimate of drug-likeness (QED) is 0.894. The van der Waals surface area contributed by atoms with Crippen LogP contribution in [0.2, 0.25) is 0 Å². The Hall–Kier alpha value is -2.02. The number of rotatable bonds is 5. The zero-order valence-corrected chi connectivity index (χ0v) is 14.2. The molecule has 0 aliphatic carbocycles. The zero-order valence-electron chi connectivity index (χ0n) is 13.4.